The molecule has 23 heavy (non-hydrogen) atoms. The van der Waals surface area contributed by atoms with Crippen LogP contribution >= 0.6 is 0 Å². The lowest BCUT2D eigenvalue weighted by molar-refractivity contribution is -0.137. The lowest BCUT2D eigenvalue weighted by Crippen LogP contribution is -2.23. The standard InChI is InChI=1S/C17H16F5N/c1-10(12-3-5-13(6-4-12)17(20,21)22)23-11(2)15-9-14(18)7-8-16(15)19/h3-11,23H,1-2H3/t10-,11-/m0/s1. The van der Waals surface area contributed by atoms with E-state index in [-0.39, 0.29) is 11.6 Å². The van der Waals surface area contributed by atoms with Crippen LogP contribution in [0, 0.1) is 11.6 Å². The number of rotatable bonds is 4. The summed E-state index contributed by atoms with van der Waals surface area (Å²) in [5, 5.41) is 3.05. The zero-order valence-electron chi connectivity index (χ0n) is 12.6. The summed E-state index contributed by atoms with van der Waals surface area (Å²) >= 11 is 0. The van der Waals surface area contributed by atoms with Gasteiger partial charge in [-0.05, 0) is 49.7 Å². The van der Waals surface area contributed by atoms with Crippen LogP contribution < -0.4 is 5.32 Å². The molecule has 0 heterocycles. The highest BCUT2D eigenvalue weighted by atomic mass is 19.4. The quantitative estimate of drug-likeness (QED) is 0.741. The Labute approximate surface area is 131 Å². The Hall–Kier alpha value is -1.95. The molecule has 0 spiro atoms. The van der Waals surface area contributed by atoms with Gasteiger partial charge in [0.2, 0.25) is 0 Å². The molecule has 0 aliphatic rings. The number of alkyl halides is 3. The van der Waals surface area contributed by atoms with Crippen molar-refractivity contribution in [3.05, 3.63) is 70.8 Å². The molecular formula is C17H16F5N. The molecular weight excluding hydrogens is 313 g/mol. The van der Waals surface area contributed by atoms with Gasteiger partial charge in [-0.15, -0.1) is 0 Å². The van der Waals surface area contributed by atoms with Gasteiger partial charge in [0.05, 0.1) is 5.56 Å². The minimum atomic E-state index is -4.38. The van der Waals surface area contributed by atoms with E-state index >= 15 is 0 Å². The number of hydrogen-bond acceptors (Lipinski definition) is 1. The molecule has 0 unspecified atom stereocenters. The van der Waals surface area contributed by atoms with E-state index in [0.717, 1.165) is 30.3 Å². The fraction of sp³-hybridized carbons (Fsp3) is 0.294. The second-order valence-electron chi connectivity index (χ2n) is 5.40. The van der Waals surface area contributed by atoms with Crippen molar-refractivity contribution in [3.8, 4) is 0 Å². The van der Waals surface area contributed by atoms with Crippen molar-refractivity contribution in [2.75, 3.05) is 0 Å². The van der Waals surface area contributed by atoms with Crippen molar-refractivity contribution >= 4 is 0 Å². The summed E-state index contributed by atoms with van der Waals surface area (Å²) in [4.78, 5) is 0. The first kappa shape index (κ1) is 17.4. The van der Waals surface area contributed by atoms with Crippen molar-refractivity contribution in [2.45, 2.75) is 32.1 Å². The summed E-state index contributed by atoms with van der Waals surface area (Å²) < 4.78 is 64.6. The number of nitrogens with one attached hydrogen (secondary N) is 1. The largest absolute Gasteiger partial charge is 0.416 e. The Balaban J connectivity index is 2.12. The summed E-state index contributed by atoms with van der Waals surface area (Å²) in [6.45, 7) is 3.41. The van der Waals surface area contributed by atoms with Gasteiger partial charge in [-0.1, -0.05) is 12.1 Å². The van der Waals surface area contributed by atoms with Crippen LogP contribution in [-0.4, -0.2) is 0 Å². The zero-order chi connectivity index (χ0) is 17.2. The highest BCUT2D eigenvalue weighted by Gasteiger charge is 2.30. The summed E-state index contributed by atoms with van der Waals surface area (Å²) in [6.07, 6.45) is -4.38. The van der Waals surface area contributed by atoms with Gasteiger partial charge >= 0.3 is 6.18 Å². The van der Waals surface area contributed by atoms with Crippen molar-refractivity contribution in [3.63, 3.8) is 0 Å². The van der Waals surface area contributed by atoms with Crippen LogP contribution in [0.25, 0.3) is 0 Å². The summed E-state index contributed by atoms with van der Waals surface area (Å²) in [5.41, 5.74) is 0.0723. The first-order valence-electron chi connectivity index (χ1n) is 7.06. The number of benzene rings is 2. The molecule has 0 aromatic heterocycles. The van der Waals surface area contributed by atoms with Gasteiger partial charge in [0.15, 0.2) is 0 Å². The Morgan fingerprint density at radius 2 is 1.48 bits per heavy atom. The van der Waals surface area contributed by atoms with E-state index < -0.39 is 29.4 Å². The average Bonchev–Trinajstić information content (AvgIpc) is 2.48. The fourth-order valence-corrected chi connectivity index (χ4v) is 2.37. The van der Waals surface area contributed by atoms with Crippen molar-refractivity contribution in [2.24, 2.45) is 0 Å². The molecule has 6 heteroatoms. The van der Waals surface area contributed by atoms with Crippen LogP contribution in [0.4, 0.5) is 22.0 Å². The van der Waals surface area contributed by atoms with Crippen molar-refractivity contribution in [1.82, 2.24) is 5.32 Å². The van der Waals surface area contributed by atoms with Gasteiger partial charge in [-0.3, -0.25) is 0 Å². The van der Waals surface area contributed by atoms with E-state index in [1.54, 1.807) is 13.8 Å². The maximum absolute atomic E-state index is 13.7. The van der Waals surface area contributed by atoms with Crippen molar-refractivity contribution in [1.29, 1.82) is 0 Å². The molecule has 0 amide bonds. The molecule has 0 fully saturated rings. The maximum Gasteiger partial charge on any atom is 0.416 e. The predicted octanol–water partition coefficient (Wildman–Crippen LogP) is 5.40. The Kier molecular flexibility index (Phi) is 5.04. The third-order valence-electron chi connectivity index (χ3n) is 3.66. The molecule has 0 bridgehead atoms. The average molecular weight is 329 g/mol. The van der Waals surface area contributed by atoms with Crippen LogP contribution in [0.3, 0.4) is 0 Å². The molecule has 2 atom stereocenters. The second-order valence-corrected chi connectivity index (χ2v) is 5.40. The monoisotopic (exact) mass is 329 g/mol. The van der Waals surface area contributed by atoms with Crippen LogP contribution in [0.5, 0.6) is 0 Å². The third kappa shape index (κ3) is 4.28. The molecule has 1 N–H and O–H groups in total. The minimum Gasteiger partial charge on any atom is -0.304 e. The molecule has 0 radical (unpaired) electrons. The minimum absolute atomic E-state index is 0.170. The van der Waals surface area contributed by atoms with Crippen LogP contribution in [0.2, 0.25) is 0 Å². The lowest BCUT2D eigenvalue weighted by Gasteiger charge is -2.21. The van der Waals surface area contributed by atoms with Crippen molar-refractivity contribution < 1.29 is 22.0 Å². The Bertz CT molecular complexity index is 664. The van der Waals surface area contributed by atoms with Gasteiger partial charge in [0.1, 0.15) is 11.6 Å². The van der Waals surface area contributed by atoms with Gasteiger partial charge in [0, 0.05) is 17.6 Å². The third-order valence-corrected chi connectivity index (χ3v) is 3.66. The summed E-state index contributed by atoms with van der Waals surface area (Å²) in [5.74, 6) is -1.08. The van der Waals surface area contributed by atoms with E-state index in [2.05, 4.69) is 5.32 Å². The zero-order valence-corrected chi connectivity index (χ0v) is 12.6. The number of hydrogen-bond donors (Lipinski definition) is 1. The molecule has 0 saturated carbocycles. The molecule has 2 aromatic carbocycles. The fourth-order valence-electron chi connectivity index (χ4n) is 2.37. The molecule has 0 saturated heterocycles. The Morgan fingerprint density at radius 1 is 0.870 bits per heavy atom. The van der Waals surface area contributed by atoms with Gasteiger partial charge < -0.3 is 5.32 Å². The summed E-state index contributed by atoms with van der Waals surface area (Å²) in [7, 11) is 0. The molecule has 2 rings (SSSR count). The normalized spacial score (nSPS) is 14.6. The predicted molar refractivity (Wildman–Crippen MR) is 77.8 cm³/mol. The van der Waals surface area contributed by atoms with E-state index in [0.29, 0.717) is 5.56 Å². The SMILES string of the molecule is C[C@H](N[C@@H](C)c1cc(F)ccc1F)c1ccc(C(F)(F)F)cc1. The smallest absolute Gasteiger partial charge is 0.304 e. The maximum atomic E-state index is 13.7. The first-order chi connectivity index (χ1) is 10.7. The van der Waals surface area contributed by atoms with E-state index in [4.69, 9.17) is 0 Å². The van der Waals surface area contributed by atoms with E-state index in [9.17, 15) is 22.0 Å². The second kappa shape index (κ2) is 6.66. The molecule has 0 aliphatic carbocycles. The summed E-state index contributed by atoms with van der Waals surface area (Å²) in [6, 6.07) is 7.10. The molecule has 1 nitrogen and oxygen atoms in total. The molecule has 124 valence electrons. The van der Waals surface area contributed by atoms with Gasteiger partial charge in [-0.2, -0.15) is 13.2 Å². The van der Waals surface area contributed by atoms with Crippen LogP contribution in [0.15, 0.2) is 42.5 Å². The van der Waals surface area contributed by atoms with Crippen LogP contribution in [-0.2, 0) is 6.18 Å². The molecule has 0 aliphatic heterocycles. The lowest BCUT2D eigenvalue weighted by atomic mass is 10.0. The first-order valence-corrected chi connectivity index (χ1v) is 7.06. The van der Waals surface area contributed by atoms with Gasteiger partial charge in [-0.25, -0.2) is 8.78 Å². The van der Waals surface area contributed by atoms with E-state index in [1.165, 1.54) is 12.1 Å². The topological polar surface area (TPSA) is 12.0 Å². The van der Waals surface area contributed by atoms with Crippen LogP contribution in [0.1, 0.15) is 42.6 Å². The highest BCUT2D eigenvalue weighted by Crippen LogP contribution is 2.30. The van der Waals surface area contributed by atoms with Gasteiger partial charge in [0.25, 0.3) is 0 Å². The Morgan fingerprint density at radius 3 is 2.04 bits per heavy atom. The molecule has 2 aromatic rings. The van der Waals surface area contributed by atoms with E-state index in [1.807, 2.05) is 0 Å². The number of halogens is 5. The highest BCUT2D eigenvalue weighted by molar-refractivity contribution is 5.27.